The summed E-state index contributed by atoms with van der Waals surface area (Å²) in [5.41, 5.74) is 2.11. The number of nitrogens with zero attached hydrogens (tertiary/aromatic N) is 5. The summed E-state index contributed by atoms with van der Waals surface area (Å²) in [6.45, 7) is 4.25. The number of hydrogen-bond acceptors (Lipinski definition) is 7. The molecule has 8 heteroatoms. The molecule has 0 radical (unpaired) electrons. The maximum Gasteiger partial charge on any atom is 0.323 e. The summed E-state index contributed by atoms with van der Waals surface area (Å²) in [6, 6.07) is 10.6. The van der Waals surface area contributed by atoms with E-state index in [4.69, 9.17) is 14.5 Å². The fourth-order valence-electron chi connectivity index (χ4n) is 2.63. The van der Waals surface area contributed by atoms with Crippen LogP contribution in [0.5, 0.6) is 12.0 Å². The molecule has 0 saturated carbocycles. The van der Waals surface area contributed by atoms with Crippen LogP contribution < -0.4 is 9.47 Å². The lowest BCUT2D eigenvalue weighted by atomic mass is 10.1. The monoisotopic (exact) mass is 371 g/mol. The van der Waals surface area contributed by atoms with E-state index in [9.17, 15) is 0 Å². The standard InChI is InChI=1S/C18H21N5O2S/c1-11(2)14-19-15(13(23(14)3)12-9-7-6-8-10-12)26-18-21-16(24-4)20-17(22-18)25-5/h6-11H,1-5H3. The van der Waals surface area contributed by atoms with Crippen LogP contribution in [0.15, 0.2) is 40.5 Å². The van der Waals surface area contributed by atoms with Crippen LogP contribution in [0.4, 0.5) is 0 Å². The summed E-state index contributed by atoms with van der Waals surface area (Å²) >= 11 is 1.37. The van der Waals surface area contributed by atoms with Gasteiger partial charge in [-0.2, -0.15) is 9.97 Å². The third kappa shape index (κ3) is 3.65. The van der Waals surface area contributed by atoms with Crippen molar-refractivity contribution < 1.29 is 9.47 Å². The molecular weight excluding hydrogens is 350 g/mol. The number of ether oxygens (including phenoxy) is 2. The number of benzene rings is 1. The summed E-state index contributed by atoms with van der Waals surface area (Å²) in [5, 5.41) is 1.30. The van der Waals surface area contributed by atoms with Gasteiger partial charge in [-0.25, -0.2) is 4.98 Å². The SMILES string of the molecule is COc1nc(OC)nc(Sc2nc(C(C)C)n(C)c2-c2ccccc2)n1. The highest BCUT2D eigenvalue weighted by Gasteiger charge is 2.21. The molecule has 0 amide bonds. The van der Waals surface area contributed by atoms with Gasteiger partial charge in [0.05, 0.1) is 19.9 Å². The zero-order chi connectivity index (χ0) is 18.7. The third-order valence-electron chi connectivity index (χ3n) is 3.79. The molecule has 3 rings (SSSR count). The molecule has 0 aliphatic heterocycles. The Kier molecular flexibility index (Phi) is 5.41. The fraction of sp³-hybridized carbons (Fsp3) is 0.333. The average Bonchev–Trinajstić information content (AvgIpc) is 2.98. The Morgan fingerprint density at radius 3 is 2.08 bits per heavy atom. The summed E-state index contributed by atoms with van der Waals surface area (Å²) in [7, 11) is 5.05. The molecule has 0 unspecified atom stereocenters. The van der Waals surface area contributed by atoms with Gasteiger partial charge in [-0.1, -0.05) is 44.2 Å². The molecule has 26 heavy (non-hydrogen) atoms. The highest BCUT2D eigenvalue weighted by Crippen LogP contribution is 2.36. The van der Waals surface area contributed by atoms with E-state index in [1.165, 1.54) is 26.0 Å². The summed E-state index contributed by atoms with van der Waals surface area (Å²) in [5.74, 6) is 1.29. The smallest absolute Gasteiger partial charge is 0.323 e. The molecule has 0 bridgehead atoms. The lowest BCUT2D eigenvalue weighted by molar-refractivity contribution is 0.332. The van der Waals surface area contributed by atoms with Crippen LogP contribution in [0.25, 0.3) is 11.3 Å². The van der Waals surface area contributed by atoms with Crippen molar-refractivity contribution >= 4 is 11.8 Å². The minimum Gasteiger partial charge on any atom is -0.467 e. The lowest BCUT2D eigenvalue weighted by Crippen LogP contribution is -2.01. The van der Waals surface area contributed by atoms with Crippen molar-refractivity contribution in [3.05, 3.63) is 36.2 Å². The predicted molar refractivity (Wildman–Crippen MR) is 99.8 cm³/mol. The summed E-state index contributed by atoms with van der Waals surface area (Å²) < 4.78 is 12.4. The van der Waals surface area contributed by atoms with Crippen molar-refractivity contribution in [3.8, 4) is 23.3 Å². The van der Waals surface area contributed by atoms with E-state index >= 15 is 0 Å². The first-order chi connectivity index (χ1) is 12.5. The van der Waals surface area contributed by atoms with Gasteiger partial charge < -0.3 is 14.0 Å². The van der Waals surface area contributed by atoms with Gasteiger partial charge in [-0.15, -0.1) is 4.98 Å². The van der Waals surface area contributed by atoms with Crippen LogP contribution in [-0.2, 0) is 7.05 Å². The lowest BCUT2D eigenvalue weighted by Gasteiger charge is -2.09. The Morgan fingerprint density at radius 1 is 0.923 bits per heavy atom. The van der Waals surface area contributed by atoms with E-state index < -0.39 is 0 Å². The molecule has 0 atom stereocenters. The highest BCUT2D eigenvalue weighted by molar-refractivity contribution is 7.99. The minimum atomic E-state index is 0.209. The van der Waals surface area contributed by atoms with E-state index in [1.54, 1.807) is 0 Å². The molecule has 7 nitrogen and oxygen atoms in total. The molecule has 0 N–H and O–H groups in total. The van der Waals surface area contributed by atoms with Crippen molar-refractivity contribution in [1.29, 1.82) is 0 Å². The van der Waals surface area contributed by atoms with Crippen molar-refractivity contribution in [1.82, 2.24) is 24.5 Å². The molecule has 0 saturated heterocycles. The number of methoxy groups -OCH3 is 2. The van der Waals surface area contributed by atoms with Gasteiger partial charge in [-0.3, -0.25) is 0 Å². The second-order valence-electron chi connectivity index (χ2n) is 5.90. The van der Waals surface area contributed by atoms with E-state index in [0.29, 0.717) is 11.1 Å². The molecule has 2 aromatic heterocycles. The van der Waals surface area contributed by atoms with Gasteiger partial charge in [0.1, 0.15) is 10.9 Å². The first kappa shape index (κ1) is 18.2. The van der Waals surface area contributed by atoms with E-state index in [-0.39, 0.29) is 12.0 Å². The molecule has 0 fully saturated rings. The molecule has 3 aromatic rings. The predicted octanol–water partition coefficient (Wildman–Crippen LogP) is 3.56. The second-order valence-corrected chi connectivity index (χ2v) is 6.85. The molecule has 0 aliphatic carbocycles. The van der Waals surface area contributed by atoms with Gasteiger partial charge in [0, 0.05) is 18.5 Å². The number of aromatic nitrogens is 5. The molecule has 2 heterocycles. The first-order valence-electron chi connectivity index (χ1n) is 8.17. The number of imidazole rings is 1. The van der Waals surface area contributed by atoms with Crippen LogP contribution >= 0.6 is 11.8 Å². The Bertz CT molecular complexity index is 874. The molecule has 0 aliphatic rings. The number of hydrogen-bond donors (Lipinski definition) is 0. The third-order valence-corrected chi connectivity index (χ3v) is 4.63. The zero-order valence-corrected chi connectivity index (χ0v) is 16.2. The van der Waals surface area contributed by atoms with Crippen LogP contribution in [-0.4, -0.2) is 38.7 Å². The van der Waals surface area contributed by atoms with Crippen molar-refractivity contribution in [2.45, 2.75) is 29.9 Å². The molecule has 1 aromatic carbocycles. The highest BCUT2D eigenvalue weighted by atomic mass is 32.2. The van der Waals surface area contributed by atoms with Crippen molar-refractivity contribution in [2.75, 3.05) is 14.2 Å². The Hall–Kier alpha value is -2.61. The van der Waals surface area contributed by atoms with Crippen LogP contribution in [0.2, 0.25) is 0 Å². The average molecular weight is 371 g/mol. The van der Waals surface area contributed by atoms with Gasteiger partial charge in [-0.05, 0) is 11.8 Å². The van der Waals surface area contributed by atoms with Gasteiger partial charge in [0.2, 0.25) is 5.16 Å². The Labute approximate surface area is 156 Å². The minimum absolute atomic E-state index is 0.209. The molecule has 0 spiro atoms. The summed E-state index contributed by atoms with van der Waals surface area (Å²) in [6.07, 6.45) is 0. The van der Waals surface area contributed by atoms with E-state index in [0.717, 1.165) is 22.1 Å². The quantitative estimate of drug-likeness (QED) is 0.656. The zero-order valence-electron chi connectivity index (χ0n) is 15.4. The topological polar surface area (TPSA) is 75.0 Å². The number of rotatable bonds is 6. The van der Waals surface area contributed by atoms with Crippen LogP contribution in [0.3, 0.4) is 0 Å². The largest absolute Gasteiger partial charge is 0.467 e. The Morgan fingerprint density at radius 2 is 1.54 bits per heavy atom. The van der Waals surface area contributed by atoms with Gasteiger partial charge >= 0.3 is 12.0 Å². The normalized spacial score (nSPS) is 11.0. The maximum absolute atomic E-state index is 5.14. The van der Waals surface area contributed by atoms with E-state index in [2.05, 4.69) is 45.5 Å². The Balaban J connectivity index is 2.09. The molecular formula is C18H21N5O2S. The maximum atomic E-state index is 5.14. The summed E-state index contributed by atoms with van der Waals surface area (Å²) in [4.78, 5) is 17.5. The van der Waals surface area contributed by atoms with E-state index in [1.807, 2.05) is 25.2 Å². The molecule has 136 valence electrons. The van der Waals surface area contributed by atoms with Crippen molar-refractivity contribution in [3.63, 3.8) is 0 Å². The fourth-order valence-corrected chi connectivity index (χ4v) is 3.54. The van der Waals surface area contributed by atoms with Crippen LogP contribution in [0.1, 0.15) is 25.6 Å². The van der Waals surface area contributed by atoms with Gasteiger partial charge in [0.25, 0.3) is 0 Å². The van der Waals surface area contributed by atoms with Crippen LogP contribution in [0, 0.1) is 0 Å². The van der Waals surface area contributed by atoms with Gasteiger partial charge in [0.15, 0.2) is 0 Å². The first-order valence-corrected chi connectivity index (χ1v) is 8.99. The van der Waals surface area contributed by atoms with Crippen molar-refractivity contribution in [2.24, 2.45) is 7.05 Å². The second kappa shape index (κ2) is 7.74.